The third-order valence-electron chi connectivity index (χ3n) is 4.81. The van der Waals surface area contributed by atoms with Gasteiger partial charge in [-0.2, -0.15) is 4.31 Å². The normalized spacial score (nSPS) is 15.0. The van der Waals surface area contributed by atoms with Crippen LogP contribution in [-0.2, 0) is 10.0 Å². The molecule has 0 atom stereocenters. The molecule has 1 amide bonds. The molecule has 0 bridgehead atoms. The Labute approximate surface area is 179 Å². The Bertz CT molecular complexity index is 1000. The SMILES string of the molecule is O=C(NCCS(=O)(=O)N1CCN(c2ccc(Cl)cc2)CC1)c1ccc([N+](=O)[O-])cc1. The van der Waals surface area contributed by atoms with Gasteiger partial charge in [0.2, 0.25) is 10.0 Å². The van der Waals surface area contributed by atoms with Crippen molar-refractivity contribution in [2.75, 3.05) is 43.4 Å². The van der Waals surface area contributed by atoms with Crippen molar-refractivity contribution < 1.29 is 18.1 Å². The van der Waals surface area contributed by atoms with E-state index in [0.29, 0.717) is 31.2 Å². The first-order valence-electron chi connectivity index (χ1n) is 9.27. The lowest BCUT2D eigenvalue weighted by Crippen LogP contribution is -2.50. The Hall–Kier alpha value is -2.69. The predicted molar refractivity (Wildman–Crippen MR) is 114 cm³/mol. The lowest BCUT2D eigenvalue weighted by molar-refractivity contribution is -0.384. The number of nitrogens with one attached hydrogen (secondary N) is 1. The molecule has 0 spiro atoms. The molecule has 2 aromatic carbocycles. The average Bonchev–Trinajstić information content (AvgIpc) is 2.74. The number of carbonyl (C=O) groups excluding carboxylic acids is 1. The standard InChI is InChI=1S/C19H21ClN4O5S/c20-16-3-7-17(8-4-16)22-10-12-23(13-11-22)30(28,29)14-9-21-19(25)15-1-5-18(6-2-15)24(26)27/h1-8H,9-14H2,(H,21,25). The minimum absolute atomic E-state index is 0.0461. The van der Waals surface area contributed by atoms with Gasteiger partial charge in [-0.05, 0) is 36.4 Å². The molecule has 30 heavy (non-hydrogen) atoms. The fourth-order valence-corrected chi connectivity index (χ4v) is 4.60. The van der Waals surface area contributed by atoms with E-state index in [9.17, 15) is 23.3 Å². The smallest absolute Gasteiger partial charge is 0.269 e. The number of amides is 1. The fraction of sp³-hybridized carbons (Fsp3) is 0.316. The van der Waals surface area contributed by atoms with Crippen LogP contribution >= 0.6 is 11.6 Å². The third-order valence-corrected chi connectivity index (χ3v) is 6.93. The summed E-state index contributed by atoms with van der Waals surface area (Å²) in [6, 6.07) is 12.5. The Kier molecular flexibility index (Phi) is 6.91. The van der Waals surface area contributed by atoms with Gasteiger partial charge in [0, 0.05) is 61.1 Å². The van der Waals surface area contributed by atoms with Crippen molar-refractivity contribution in [3.63, 3.8) is 0 Å². The molecule has 0 aliphatic carbocycles. The van der Waals surface area contributed by atoms with Crippen LogP contribution in [0.3, 0.4) is 0 Å². The predicted octanol–water partition coefficient (Wildman–Crippen LogP) is 2.13. The number of non-ortho nitro benzene ring substituents is 1. The second-order valence-corrected chi connectivity index (χ2v) is 9.26. The minimum Gasteiger partial charge on any atom is -0.369 e. The molecular formula is C19H21ClN4O5S. The zero-order valence-electron chi connectivity index (χ0n) is 16.0. The van der Waals surface area contributed by atoms with Gasteiger partial charge in [0.25, 0.3) is 11.6 Å². The number of hydrogen-bond acceptors (Lipinski definition) is 6. The van der Waals surface area contributed by atoms with Gasteiger partial charge >= 0.3 is 0 Å². The summed E-state index contributed by atoms with van der Waals surface area (Å²) in [6.45, 7) is 1.81. The second-order valence-electron chi connectivity index (χ2n) is 6.74. The lowest BCUT2D eigenvalue weighted by Gasteiger charge is -2.35. The van der Waals surface area contributed by atoms with Crippen LogP contribution in [0.5, 0.6) is 0 Å². The van der Waals surface area contributed by atoms with E-state index in [4.69, 9.17) is 11.6 Å². The summed E-state index contributed by atoms with van der Waals surface area (Å²) in [7, 11) is -3.51. The first-order valence-corrected chi connectivity index (χ1v) is 11.3. The van der Waals surface area contributed by atoms with Gasteiger partial charge in [-0.15, -0.1) is 0 Å². The topological polar surface area (TPSA) is 113 Å². The summed E-state index contributed by atoms with van der Waals surface area (Å²) >= 11 is 5.90. The van der Waals surface area contributed by atoms with E-state index in [1.807, 2.05) is 12.1 Å². The molecule has 2 aromatic rings. The number of anilines is 1. The van der Waals surface area contributed by atoms with Crippen LogP contribution in [-0.4, -0.2) is 62.0 Å². The van der Waals surface area contributed by atoms with Crippen molar-refractivity contribution in [1.82, 2.24) is 9.62 Å². The number of halogens is 1. The van der Waals surface area contributed by atoms with Crippen LogP contribution in [0.4, 0.5) is 11.4 Å². The number of benzene rings is 2. The average molecular weight is 453 g/mol. The molecule has 9 nitrogen and oxygen atoms in total. The number of piperazine rings is 1. The summed E-state index contributed by atoms with van der Waals surface area (Å²) < 4.78 is 26.6. The van der Waals surface area contributed by atoms with Crippen LogP contribution in [0.1, 0.15) is 10.4 Å². The molecular weight excluding hydrogens is 432 g/mol. The molecule has 160 valence electrons. The Morgan fingerprint density at radius 1 is 1.03 bits per heavy atom. The van der Waals surface area contributed by atoms with Crippen molar-refractivity contribution in [3.05, 3.63) is 69.2 Å². The molecule has 1 heterocycles. The molecule has 0 unspecified atom stereocenters. The number of carbonyl (C=O) groups is 1. The van der Waals surface area contributed by atoms with Crippen molar-refractivity contribution in [2.24, 2.45) is 0 Å². The monoisotopic (exact) mass is 452 g/mol. The van der Waals surface area contributed by atoms with Crippen LogP contribution in [0, 0.1) is 10.1 Å². The summed E-state index contributed by atoms with van der Waals surface area (Å²) in [4.78, 5) is 24.3. The van der Waals surface area contributed by atoms with Gasteiger partial charge < -0.3 is 10.2 Å². The maximum atomic E-state index is 12.6. The van der Waals surface area contributed by atoms with Gasteiger partial charge in [-0.3, -0.25) is 14.9 Å². The molecule has 0 radical (unpaired) electrons. The number of nitro groups is 1. The Morgan fingerprint density at radius 2 is 1.63 bits per heavy atom. The lowest BCUT2D eigenvalue weighted by atomic mass is 10.2. The molecule has 11 heteroatoms. The van der Waals surface area contributed by atoms with E-state index in [1.54, 1.807) is 12.1 Å². The van der Waals surface area contributed by atoms with Crippen molar-refractivity contribution in [1.29, 1.82) is 0 Å². The number of nitrogens with zero attached hydrogens (tertiary/aromatic N) is 3. The second kappa shape index (κ2) is 9.41. The maximum Gasteiger partial charge on any atom is 0.269 e. The molecule has 3 rings (SSSR count). The van der Waals surface area contributed by atoms with Crippen molar-refractivity contribution in [2.45, 2.75) is 0 Å². The summed E-state index contributed by atoms with van der Waals surface area (Å²) in [5.74, 6) is -0.695. The van der Waals surface area contributed by atoms with Crippen LogP contribution < -0.4 is 10.2 Å². The van der Waals surface area contributed by atoms with Gasteiger partial charge in [0.05, 0.1) is 10.7 Å². The molecule has 1 N–H and O–H groups in total. The van der Waals surface area contributed by atoms with Gasteiger partial charge in [0.15, 0.2) is 0 Å². The third kappa shape index (κ3) is 5.47. The van der Waals surface area contributed by atoms with Crippen LogP contribution in [0.15, 0.2) is 48.5 Å². The highest BCUT2D eigenvalue weighted by atomic mass is 35.5. The van der Waals surface area contributed by atoms with Crippen LogP contribution in [0.25, 0.3) is 0 Å². The molecule has 1 aliphatic heterocycles. The first kappa shape index (κ1) is 22.0. The van der Waals surface area contributed by atoms with E-state index in [2.05, 4.69) is 10.2 Å². The molecule has 1 aliphatic rings. The zero-order chi connectivity index (χ0) is 21.7. The van der Waals surface area contributed by atoms with Gasteiger partial charge in [0.1, 0.15) is 0 Å². The van der Waals surface area contributed by atoms with Gasteiger partial charge in [-0.1, -0.05) is 11.6 Å². The van der Waals surface area contributed by atoms with Crippen LogP contribution in [0.2, 0.25) is 5.02 Å². The Balaban J connectivity index is 1.48. The van der Waals surface area contributed by atoms with E-state index >= 15 is 0 Å². The van der Waals surface area contributed by atoms with E-state index in [-0.39, 0.29) is 23.5 Å². The number of nitro benzene ring substituents is 1. The van der Waals surface area contributed by atoms with Gasteiger partial charge in [-0.25, -0.2) is 8.42 Å². The molecule has 0 saturated carbocycles. The molecule has 1 fully saturated rings. The highest BCUT2D eigenvalue weighted by molar-refractivity contribution is 7.89. The minimum atomic E-state index is -3.51. The first-order chi connectivity index (χ1) is 14.3. The molecule has 0 aromatic heterocycles. The highest BCUT2D eigenvalue weighted by Crippen LogP contribution is 2.20. The summed E-state index contributed by atoms with van der Waals surface area (Å²) in [6.07, 6.45) is 0. The number of hydrogen-bond donors (Lipinski definition) is 1. The quantitative estimate of drug-likeness (QED) is 0.508. The number of rotatable bonds is 7. The zero-order valence-corrected chi connectivity index (χ0v) is 17.6. The maximum absolute atomic E-state index is 12.6. The summed E-state index contributed by atoms with van der Waals surface area (Å²) in [5, 5.41) is 13.8. The summed E-state index contributed by atoms with van der Waals surface area (Å²) in [5.41, 5.74) is 1.10. The van der Waals surface area contributed by atoms with E-state index < -0.39 is 20.9 Å². The number of sulfonamides is 1. The van der Waals surface area contributed by atoms with Crippen molar-refractivity contribution >= 4 is 38.9 Å². The Morgan fingerprint density at radius 3 is 2.20 bits per heavy atom. The molecule has 1 saturated heterocycles. The fourth-order valence-electron chi connectivity index (χ4n) is 3.14. The highest BCUT2D eigenvalue weighted by Gasteiger charge is 2.27. The van der Waals surface area contributed by atoms with E-state index in [1.165, 1.54) is 28.6 Å². The van der Waals surface area contributed by atoms with Crippen molar-refractivity contribution in [3.8, 4) is 0 Å². The van der Waals surface area contributed by atoms with E-state index in [0.717, 1.165) is 5.69 Å². The largest absolute Gasteiger partial charge is 0.369 e.